The molecule has 1 amide bonds. The second-order valence-corrected chi connectivity index (χ2v) is 11.3. The van der Waals surface area contributed by atoms with E-state index >= 15 is 0 Å². The summed E-state index contributed by atoms with van der Waals surface area (Å²) in [6, 6.07) is -0.0664. The number of rotatable bonds is 6. The lowest BCUT2D eigenvalue weighted by Gasteiger charge is -2.54. The first-order valence-corrected chi connectivity index (χ1v) is 12.2. The minimum Gasteiger partial charge on any atom is -0.464 e. The number of aromatic nitrogens is 2. The lowest BCUT2D eigenvalue weighted by atomic mass is 9.54. The summed E-state index contributed by atoms with van der Waals surface area (Å²) in [7, 11) is 1.58. The van der Waals surface area contributed by atoms with Crippen LogP contribution in [0.3, 0.4) is 0 Å². The molecule has 33 heavy (non-hydrogen) atoms. The minimum absolute atomic E-state index is 0.0664. The average molecular weight is 477 g/mol. The molecule has 10 heteroatoms. The third-order valence-electron chi connectivity index (χ3n) is 7.02. The summed E-state index contributed by atoms with van der Waals surface area (Å²) < 4.78 is 8.29. The highest BCUT2D eigenvalue weighted by Crippen LogP contribution is 2.59. The summed E-state index contributed by atoms with van der Waals surface area (Å²) in [6.07, 6.45) is 5.68. The molecule has 2 heterocycles. The molecule has 180 valence electrons. The Morgan fingerprint density at radius 3 is 2.52 bits per heavy atom. The van der Waals surface area contributed by atoms with Gasteiger partial charge in [-0.3, -0.25) is 13.9 Å². The summed E-state index contributed by atoms with van der Waals surface area (Å²) >= 11 is 1.28. The number of fused-ring (bicyclic) bond motifs is 1. The molecule has 2 aliphatic rings. The third kappa shape index (κ3) is 4.03. The van der Waals surface area contributed by atoms with Crippen LogP contribution in [0.5, 0.6) is 0 Å². The van der Waals surface area contributed by atoms with Crippen LogP contribution in [0.2, 0.25) is 0 Å². The summed E-state index contributed by atoms with van der Waals surface area (Å²) in [5.74, 6) is 0. The van der Waals surface area contributed by atoms with Crippen LogP contribution in [0.1, 0.15) is 69.4 Å². The van der Waals surface area contributed by atoms with E-state index in [0.29, 0.717) is 39.2 Å². The molecule has 0 atom stereocenters. The van der Waals surface area contributed by atoms with Gasteiger partial charge in [-0.25, -0.2) is 9.59 Å². The Balaban J connectivity index is 1.82. The van der Waals surface area contributed by atoms with Crippen molar-refractivity contribution in [3.8, 4) is 0 Å². The van der Waals surface area contributed by atoms with Gasteiger partial charge in [0.05, 0.1) is 35.2 Å². The Labute approximate surface area is 196 Å². The van der Waals surface area contributed by atoms with Crippen molar-refractivity contribution < 1.29 is 14.6 Å². The molecule has 2 fully saturated rings. The van der Waals surface area contributed by atoms with Gasteiger partial charge in [0.15, 0.2) is 0 Å². The first kappa shape index (κ1) is 23.7. The van der Waals surface area contributed by atoms with Crippen molar-refractivity contribution >= 4 is 33.9 Å². The van der Waals surface area contributed by atoms with Crippen LogP contribution >= 0.6 is 11.3 Å². The number of carbonyl (C=O) groups is 1. The van der Waals surface area contributed by atoms with Crippen LogP contribution in [0.4, 0.5) is 4.79 Å². The van der Waals surface area contributed by atoms with Gasteiger partial charge in [-0.1, -0.05) is 6.42 Å². The molecule has 2 saturated carbocycles. The number of amides is 1. The monoisotopic (exact) mass is 476 g/mol. The highest BCUT2D eigenvalue weighted by molar-refractivity contribution is 7.20. The summed E-state index contributed by atoms with van der Waals surface area (Å²) in [5, 5.41) is 15.2. The molecule has 1 N–H and O–H groups in total. The standard InChI is InChI=1S/C23H32N4O5S/c1-14-16(13-24-27(21(30)31)22(2,3)4)33-19-17(14)18(28)26(20(29)25(19)9-10-32-5)15-11-23(12-15)7-6-8-23/h13,15H,6-12H2,1-5H3,(H,30,31)/b24-13-. The van der Waals surface area contributed by atoms with Crippen molar-refractivity contribution in [2.75, 3.05) is 13.7 Å². The van der Waals surface area contributed by atoms with Crippen LogP contribution in [-0.4, -0.2) is 50.8 Å². The van der Waals surface area contributed by atoms with E-state index in [2.05, 4.69) is 5.10 Å². The topological polar surface area (TPSA) is 106 Å². The van der Waals surface area contributed by atoms with Gasteiger partial charge in [0, 0.05) is 13.2 Å². The van der Waals surface area contributed by atoms with Crippen LogP contribution in [0.25, 0.3) is 10.2 Å². The predicted molar refractivity (Wildman–Crippen MR) is 129 cm³/mol. The van der Waals surface area contributed by atoms with Gasteiger partial charge in [-0.15, -0.1) is 11.3 Å². The zero-order valence-corrected chi connectivity index (χ0v) is 20.7. The lowest BCUT2D eigenvalue weighted by molar-refractivity contribution is -0.0205. The fourth-order valence-electron chi connectivity index (χ4n) is 5.03. The smallest absolute Gasteiger partial charge is 0.428 e. The number of thiophene rings is 1. The zero-order chi connectivity index (χ0) is 24.1. The van der Waals surface area contributed by atoms with Gasteiger partial charge < -0.3 is 9.84 Å². The maximum Gasteiger partial charge on any atom is 0.428 e. The summed E-state index contributed by atoms with van der Waals surface area (Å²) in [5.41, 5.74) is -0.238. The number of methoxy groups -OCH3 is 1. The van der Waals surface area contributed by atoms with Gasteiger partial charge in [-0.2, -0.15) is 10.1 Å². The summed E-state index contributed by atoms with van der Waals surface area (Å²) in [4.78, 5) is 39.8. The molecule has 0 radical (unpaired) electrons. The number of hydrazone groups is 1. The van der Waals surface area contributed by atoms with E-state index in [1.54, 1.807) is 32.4 Å². The largest absolute Gasteiger partial charge is 0.464 e. The van der Waals surface area contributed by atoms with Crippen molar-refractivity contribution in [1.82, 2.24) is 14.1 Å². The Kier molecular flexibility index (Phi) is 6.03. The molecule has 2 aromatic heterocycles. The quantitative estimate of drug-likeness (QED) is 0.504. The number of aryl methyl sites for hydroxylation is 1. The Morgan fingerprint density at radius 2 is 2.00 bits per heavy atom. The number of nitrogens with zero attached hydrogens (tertiary/aromatic N) is 4. The zero-order valence-electron chi connectivity index (χ0n) is 19.9. The van der Waals surface area contributed by atoms with Crippen molar-refractivity contribution in [2.45, 2.75) is 77.9 Å². The highest BCUT2D eigenvalue weighted by atomic mass is 32.1. The molecule has 0 unspecified atom stereocenters. The van der Waals surface area contributed by atoms with Gasteiger partial charge >= 0.3 is 11.8 Å². The number of hydrogen-bond acceptors (Lipinski definition) is 6. The van der Waals surface area contributed by atoms with Gasteiger partial charge in [0.25, 0.3) is 5.56 Å². The average Bonchev–Trinajstić information content (AvgIpc) is 2.97. The third-order valence-corrected chi connectivity index (χ3v) is 8.27. The van der Waals surface area contributed by atoms with Crippen LogP contribution in [-0.2, 0) is 11.3 Å². The van der Waals surface area contributed by atoms with Crippen LogP contribution < -0.4 is 11.2 Å². The van der Waals surface area contributed by atoms with Gasteiger partial charge in [0.1, 0.15) is 4.83 Å². The molecule has 0 saturated heterocycles. The Bertz CT molecular complexity index is 1220. The molecule has 0 aliphatic heterocycles. The molecule has 9 nitrogen and oxygen atoms in total. The van der Waals surface area contributed by atoms with Crippen LogP contribution in [0, 0.1) is 12.3 Å². The van der Waals surface area contributed by atoms with E-state index in [0.717, 1.165) is 17.9 Å². The van der Waals surface area contributed by atoms with Gasteiger partial charge in [-0.05, 0) is 64.4 Å². The predicted octanol–water partition coefficient (Wildman–Crippen LogP) is 3.80. The SMILES string of the molecule is COCCn1c(=O)n(C2CC3(CCC3)C2)c(=O)c2c(C)c(/C=N\N(C(=O)O)C(C)(C)C)sc21. The highest BCUT2D eigenvalue weighted by Gasteiger charge is 2.49. The molecule has 0 bridgehead atoms. The molecular formula is C23H32N4O5S. The first-order chi connectivity index (χ1) is 15.5. The molecule has 4 rings (SSSR count). The molecule has 2 aromatic rings. The Hall–Kier alpha value is -2.46. The Morgan fingerprint density at radius 1 is 1.33 bits per heavy atom. The number of hydrogen-bond donors (Lipinski definition) is 1. The maximum absolute atomic E-state index is 13.5. The number of ether oxygens (including phenoxy) is 1. The summed E-state index contributed by atoms with van der Waals surface area (Å²) in [6.45, 7) is 7.77. The molecular weight excluding hydrogens is 444 g/mol. The molecule has 0 aromatic carbocycles. The van der Waals surface area contributed by atoms with E-state index in [1.807, 2.05) is 6.92 Å². The molecule has 2 aliphatic carbocycles. The first-order valence-electron chi connectivity index (χ1n) is 11.3. The lowest BCUT2D eigenvalue weighted by Crippen LogP contribution is -2.51. The second-order valence-electron chi connectivity index (χ2n) is 10.3. The number of carboxylic acid groups (broad SMARTS) is 1. The van der Waals surface area contributed by atoms with Gasteiger partial charge in [0.2, 0.25) is 0 Å². The van der Waals surface area contributed by atoms with E-state index in [4.69, 9.17) is 4.74 Å². The molecule has 1 spiro atoms. The van der Waals surface area contributed by atoms with Crippen molar-refractivity contribution in [1.29, 1.82) is 0 Å². The maximum atomic E-state index is 13.5. The van der Waals surface area contributed by atoms with E-state index < -0.39 is 11.6 Å². The minimum atomic E-state index is -1.16. The fourth-order valence-corrected chi connectivity index (χ4v) is 6.22. The second kappa shape index (κ2) is 8.39. The normalized spacial score (nSPS) is 18.1. The van der Waals surface area contributed by atoms with E-state index in [9.17, 15) is 19.5 Å². The fraction of sp³-hybridized carbons (Fsp3) is 0.652. The van der Waals surface area contributed by atoms with Crippen molar-refractivity contribution in [3.05, 3.63) is 31.3 Å². The van der Waals surface area contributed by atoms with Crippen LogP contribution in [0.15, 0.2) is 14.7 Å². The van der Waals surface area contributed by atoms with Crippen molar-refractivity contribution in [3.63, 3.8) is 0 Å². The van der Waals surface area contributed by atoms with E-state index in [-0.39, 0.29) is 17.3 Å². The van der Waals surface area contributed by atoms with Crippen molar-refractivity contribution in [2.24, 2.45) is 10.5 Å². The van der Waals surface area contributed by atoms with E-state index in [1.165, 1.54) is 41.4 Å².